The number of nitrogen functional groups attached to an aromatic ring is 1. The Morgan fingerprint density at radius 1 is 1.26 bits per heavy atom. The number of carbonyl (C=O) groups is 2. The quantitative estimate of drug-likeness (QED) is 0.119. The fraction of sp³-hybridized carbons (Fsp3) is 0.136. The predicted octanol–water partition coefficient (Wildman–Crippen LogP) is 4.78. The van der Waals surface area contributed by atoms with Crippen LogP contribution in [0.15, 0.2) is 56.5 Å². The van der Waals surface area contributed by atoms with E-state index in [1.165, 1.54) is 47.4 Å². The van der Waals surface area contributed by atoms with Gasteiger partial charge >= 0.3 is 12.2 Å². The topological polar surface area (TPSA) is 172 Å². The summed E-state index contributed by atoms with van der Waals surface area (Å²) in [6.45, 7) is 1.81. The van der Waals surface area contributed by atoms with Gasteiger partial charge in [0, 0.05) is 21.8 Å². The molecule has 0 spiro atoms. The Bertz CT molecular complexity index is 1380. The second kappa shape index (κ2) is 10.8. The molecule has 3 aromatic rings. The van der Waals surface area contributed by atoms with E-state index in [2.05, 4.69) is 15.4 Å². The number of ether oxygens (including phenoxy) is 1. The van der Waals surface area contributed by atoms with Gasteiger partial charge in [0.25, 0.3) is 0 Å². The highest BCUT2D eigenvalue weighted by atomic mass is 32.2. The largest absolute Gasteiger partial charge is 0.465 e. The number of hydrogen-bond donors (Lipinski definition) is 5. The number of carboxylic acid groups (broad SMARTS) is 1. The van der Waals surface area contributed by atoms with Gasteiger partial charge in [-0.2, -0.15) is 0 Å². The molecule has 13 heteroatoms. The number of amides is 2. The van der Waals surface area contributed by atoms with Gasteiger partial charge < -0.3 is 20.9 Å². The molecule has 0 saturated carbocycles. The molecule has 0 atom stereocenters. The molecule has 1 heterocycles. The number of nitrogens with one attached hydrogen (secondary N) is 3. The molecule has 0 radical (unpaired) electrons. The van der Waals surface area contributed by atoms with Crippen LogP contribution in [0.2, 0.25) is 0 Å². The Labute approximate surface area is 209 Å². The molecule has 2 amide bonds. The monoisotopic (exact) mass is 534 g/mol. The first-order valence-corrected chi connectivity index (χ1v) is 13.4. The van der Waals surface area contributed by atoms with Crippen LogP contribution in [0.25, 0.3) is 11.1 Å². The van der Waals surface area contributed by atoms with Crippen LogP contribution in [-0.2, 0) is 21.1 Å². The highest BCUT2D eigenvalue weighted by molar-refractivity contribution is 8.01. The van der Waals surface area contributed by atoms with Crippen molar-refractivity contribution in [3.05, 3.63) is 52.9 Å². The zero-order chi connectivity index (χ0) is 25.8. The van der Waals surface area contributed by atoms with E-state index < -0.39 is 22.0 Å². The van der Waals surface area contributed by atoms with Crippen LogP contribution in [0.3, 0.4) is 0 Å². The third kappa shape index (κ3) is 5.93. The molecular formula is C22H22N4O6S3. The minimum absolute atomic E-state index is 0.0485. The molecule has 10 nitrogen and oxygen atoms in total. The summed E-state index contributed by atoms with van der Waals surface area (Å²) in [7, 11) is -3.91. The molecule has 184 valence electrons. The first kappa shape index (κ1) is 26.1. The van der Waals surface area contributed by atoms with Crippen LogP contribution >= 0.6 is 23.1 Å². The number of benzene rings is 2. The number of anilines is 2. The van der Waals surface area contributed by atoms with Gasteiger partial charge in [0.05, 0.1) is 20.5 Å². The van der Waals surface area contributed by atoms with E-state index in [1.54, 1.807) is 31.4 Å². The van der Waals surface area contributed by atoms with Crippen LogP contribution in [0.1, 0.15) is 10.4 Å². The minimum atomic E-state index is -3.91. The summed E-state index contributed by atoms with van der Waals surface area (Å²) in [5, 5.41) is 20.4. The molecule has 1 aromatic heterocycles. The van der Waals surface area contributed by atoms with E-state index in [0.29, 0.717) is 43.6 Å². The molecule has 35 heavy (non-hydrogen) atoms. The van der Waals surface area contributed by atoms with Crippen molar-refractivity contribution in [2.75, 3.05) is 17.3 Å². The number of sulfone groups is 1. The first-order valence-electron chi connectivity index (χ1n) is 9.92. The Kier molecular flexibility index (Phi) is 8.04. The van der Waals surface area contributed by atoms with Crippen molar-refractivity contribution in [2.45, 2.75) is 27.5 Å². The normalized spacial score (nSPS) is 11.0. The van der Waals surface area contributed by atoms with Crippen molar-refractivity contribution < 1.29 is 27.9 Å². The summed E-state index contributed by atoms with van der Waals surface area (Å²) in [5.74, 6) is 0. The summed E-state index contributed by atoms with van der Waals surface area (Å²) in [5.41, 5.74) is 8.64. The van der Waals surface area contributed by atoms with Crippen molar-refractivity contribution in [1.82, 2.24) is 5.32 Å². The van der Waals surface area contributed by atoms with Gasteiger partial charge in [-0.05, 0) is 54.6 Å². The maximum Gasteiger partial charge on any atom is 0.413 e. The summed E-state index contributed by atoms with van der Waals surface area (Å²) in [6, 6.07) is 11.0. The van der Waals surface area contributed by atoms with Gasteiger partial charge in [-0.1, -0.05) is 12.1 Å². The van der Waals surface area contributed by atoms with Crippen molar-refractivity contribution in [3.63, 3.8) is 0 Å². The number of nitrogens with two attached hydrogens (primary N) is 1. The lowest BCUT2D eigenvalue weighted by Crippen LogP contribution is -2.22. The van der Waals surface area contributed by atoms with Gasteiger partial charge in [0.2, 0.25) is 9.84 Å². The van der Waals surface area contributed by atoms with E-state index in [1.807, 2.05) is 0 Å². The van der Waals surface area contributed by atoms with Crippen molar-refractivity contribution in [1.29, 1.82) is 5.41 Å². The van der Waals surface area contributed by atoms with E-state index in [9.17, 15) is 18.0 Å². The van der Waals surface area contributed by atoms with Gasteiger partial charge in [0.15, 0.2) is 6.40 Å². The Morgan fingerprint density at radius 2 is 2.00 bits per heavy atom. The fourth-order valence-corrected chi connectivity index (χ4v) is 7.48. The zero-order valence-electron chi connectivity index (χ0n) is 18.6. The van der Waals surface area contributed by atoms with E-state index in [-0.39, 0.29) is 16.3 Å². The maximum atomic E-state index is 13.5. The molecule has 0 saturated heterocycles. The molecule has 6 N–H and O–H groups in total. The van der Waals surface area contributed by atoms with E-state index >= 15 is 0 Å². The zero-order valence-corrected chi connectivity index (χ0v) is 21.1. The first-order chi connectivity index (χ1) is 16.6. The smallest absolute Gasteiger partial charge is 0.413 e. The summed E-state index contributed by atoms with van der Waals surface area (Å²) in [6.07, 6.45) is 0.239. The molecule has 0 aliphatic rings. The standard InChI is InChI=1S/C22H22N4O6S3/c1-12-6-14(26-21(27)28)8-17(24)19(12)13-4-3-5-16(7-13)35(30,31)18-9-15(34-20(18)33-2)10-25-22(29)32-11-23/h3-9,11,23,26H,10,24H2,1-2H3,(H,25,29)(H,27,28). The SMILES string of the molecule is CSc1sc(CNC(=O)OC=N)cc1S(=O)(=O)c1cccc(-c2c(C)cc(NC(=O)O)cc2N)c1. The highest BCUT2D eigenvalue weighted by Gasteiger charge is 2.25. The third-order valence-electron chi connectivity index (χ3n) is 4.82. The number of carbonyl (C=O) groups excluding carboxylic acids is 1. The number of hydrogen-bond acceptors (Lipinski definition) is 9. The van der Waals surface area contributed by atoms with Crippen LogP contribution in [0.5, 0.6) is 0 Å². The lowest BCUT2D eigenvalue weighted by atomic mass is 9.98. The minimum Gasteiger partial charge on any atom is -0.465 e. The highest BCUT2D eigenvalue weighted by Crippen LogP contribution is 2.39. The number of aryl methyl sites for hydroxylation is 1. The lowest BCUT2D eigenvalue weighted by molar-refractivity contribution is 0.199. The molecular weight excluding hydrogens is 512 g/mol. The van der Waals surface area contributed by atoms with Crippen LogP contribution in [0.4, 0.5) is 21.0 Å². The Morgan fingerprint density at radius 3 is 2.63 bits per heavy atom. The Balaban J connectivity index is 1.98. The predicted molar refractivity (Wildman–Crippen MR) is 136 cm³/mol. The summed E-state index contributed by atoms with van der Waals surface area (Å²) in [4.78, 5) is 23.2. The molecule has 0 fully saturated rings. The molecule has 0 bridgehead atoms. The number of thioether (sulfide) groups is 1. The molecule has 0 unspecified atom stereocenters. The summed E-state index contributed by atoms with van der Waals surface area (Å²) >= 11 is 2.51. The Hall–Kier alpha value is -3.55. The lowest BCUT2D eigenvalue weighted by Gasteiger charge is -2.14. The van der Waals surface area contributed by atoms with Crippen LogP contribution < -0.4 is 16.4 Å². The van der Waals surface area contributed by atoms with Crippen molar-refractivity contribution >= 4 is 62.9 Å². The fourth-order valence-electron chi connectivity index (χ4n) is 3.43. The number of rotatable bonds is 8. The molecule has 0 aliphatic heterocycles. The number of alkyl carbamates (subject to hydrolysis) is 1. The van der Waals surface area contributed by atoms with Crippen molar-refractivity contribution in [2.24, 2.45) is 0 Å². The second-order valence-corrected chi connectivity index (χ2v) is 11.3. The van der Waals surface area contributed by atoms with Gasteiger partial charge in [-0.25, -0.2) is 18.0 Å². The average Bonchev–Trinajstić information content (AvgIpc) is 3.21. The van der Waals surface area contributed by atoms with Gasteiger partial charge in [-0.3, -0.25) is 10.7 Å². The van der Waals surface area contributed by atoms with Gasteiger partial charge in [0.1, 0.15) is 0 Å². The van der Waals surface area contributed by atoms with E-state index in [0.717, 1.165) is 0 Å². The van der Waals surface area contributed by atoms with Gasteiger partial charge in [-0.15, -0.1) is 23.1 Å². The molecule has 2 aromatic carbocycles. The molecule has 3 rings (SSSR count). The maximum absolute atomic E-state index is 13.5. The number of thiophene rings is 1. The molecule has 0 aliphatic carbocycles. The second-order valence-electron chi connectivity index (χ2n) is 7.16. The van der Waals surface area contributed by atoms with Crippen molar-refractivity contribution in [3.8, 4) is 11.1 Å². The summed E-state index contributed by atoms with van der Waals surface area (Å²) < 4.78 is 32.0. The van der Waals surface area contributed by atoms with Crippen LogP contribution in [-0.4, -0.2) is 38.4 Å². The third-order valence-corrected chi connectivity index (χ3v) is 9.12. The van der Waals surface area contributed by atoms with Crippen LogP contribution in [0, 0.1) is 12.3 Å². The van der Waals surface area contributed by atoms with E-state index in [4.69, 9.17) is 16.2 Å². The average molecular weight is 535 g/mol.